The van der Waals surface area contributed by atoms with Crippen molar-refractivity contribution in [1.29, 1.82) is 0 Å². The molecule has 0 unspecified atom stereocenters. The maximum absolute atomic E-state index is 12.5. The number of nitrogens with one attached hydrogen (secondary N) is 1. The zero-order valence-electron chi connectivity index (χ0n) is 11.3. The second-order valence-corrected chi connectivity index (χ2v) is 4.85. The summed E-state index contributed by atoms with van der Waals surface area (Å²) in [7, 11) is 0. The van der Waals surface area contributed by atoms with Gasteiger partial charge in [-0.3, -0.25) is 9.89 Å². The van der Waals surface area contributed by atoms with Crippen molar-refractivity contribution in [2.24, 2.45) is 0 Å². The first kappa shape index (κ1) is 12.5. The number of aryl methyl sites for hydroxylation is 1. The van der Waals surface area contributed by atoms with Crippen LogP contribution in [0.5, 0.6) is 0 Å². The van der Waals surface area contributed by atoms with Crippen LogP contribution in [0.2, 0.25) is 0 Å². The average molecular weight is 264 g/mol. The van der Waals surface area contributed by atoms with Crippen LogP contribution in [0.25, 0.3) is 5.69 Å². The van der Waals surface area contributed by atoms with Gasteiger partial charge in [-0.1, -0.05) is 48.5 Å². The molecule has 0 aliphatic rings. The van der Waals surface area contributed by atoms with Crippen molar-refractivity contribution in [3.8, 4) is 5.69 Å². The minimum absolute atomic E-state index is 0.0255. The molecule has 0 bridgehead atoms. The van der Waals surface area contributed by atoms with Gasteiger partial charge in [-0.25, -0.2) is 4.68 Å². The Kier molecular flexibility index (Phi) is 3.25. The number of para-hydroxylation sites is 1. The largest absolute Gasteiger partial charge is 0.295 e. The molecule has 3 aromatic rings. The smallest absolute Gasteiger partial charge is 0.274 e. The van der Waals surface area contributed by atoms with Gasteiger partial charge < -0.3 is 0 Å². The molecule has 1 heterocycles. The Morgan fingerprint density at radius 3 is 2.20 bits per heavy atom. The summed E-state index contributed by atoms with van der Waals surface area (Å²) >= 11 is 0. The van der Waals surface area contributed by atoms with E-state index in [2.05, 4.69) is 5.10 Å². The number of nitrogens with zero attached hydrogens (tertiary/aromatic N) is 1. The highest BCUT2D eigenvalue weighted by atomic mass is 16.1. The molecule has 1 N–H and O–H groups in total. The van der Waals surface area contributed by atoms with E-state index in [1.807, 2.05) is 67.6 Å². The molecule has 0 aliphatic carbocycles. The second kappa shape index (κ2) is 5.21. The maximum Gasteiger partial charge on any atom is 0.274 e. The SMILES string of the molecule is Cc1[nH]n(-c2ccccc2)c(=O)c1Cc1ccccc1. The lowest BCUT2D eigenvalue weighted by atomic mass is 10.1. The first-order valence-electron chi connectivity index (χ1n) is 6.65. The van der Waals surface area contributed by atoms with Gasteiger partial charge in [-0.2, -0.15) is 0 Å². The van der Waals surface area contributed by atoms with Crippen molar-refractivity contribution < 1.29 is 0 Å². The molecule has 1 aromatic heterocycles. The highest BCUT2D eigenvalue weighted by molar-refractivity contribution is 5.34. The van der Waals surface area contributed by atoms with Crippen LogP contribution in [0.15, 0.2) is 65.5 Å². The molecule has 0 amide bonds. The van der Waals surface area contributed by atoms with Crippen LogP contribution in [0, 0.1) is 6.92 Å². The van der Waals surface area contributed by atoms with Crippen molar-refractivity contribution >= 4 is 0 Å². The van der Waals surface area contributed by atoms with Gasteiger partial charge in [0.1, 0.15) is 0 Å². The summed E-state index contributed by atoms with van der Waals surface area (Å²) in [6.07, 6.45) is 0.655. The average Bonchev–Trinajstić information content (AvgIpc) is 2.77. The lowest BCUT2D eigenvalue weighted by Gasteiger charge is -1.99. The van der Waals surface area contributed by atoms with E-state index in [0.717, 1.165) is 22.5 Å². The van der Waals surface area contributed by atoms with E-state index < -0.39 is 0 Å². The summed E-state index contributed by atoms with van der Waals surface area (Å²) in [6.45, 7) is 1.94. The molecule has 0 aliphatic heterocycles. The van der Waals surface area contributed by atoms with Gasteiger partial charge in [-0.05, 0) is 24.6 Å². The van der Waals surface area contributed by atoms with Crippen LogP contribution in [-0.4, -0.2) is 9.78 Å². The standard InChI is InChI=1S/C17H16N2O/c1-13-16(12-14-8-4-2-5-9-14)17(20)19(18-13)15-10-6-3-7-11-15/h2-11,18H,12H2,1H3. The van der Waals surface area contributed by atoms with Gasteiger partial charge in [0.05, 0.1) is 5.69 Å². The fraction of sp³-hybridized carbons (Fsp3) is 0.118. The molecule has 3 rings (SSSR count). The quantitative estimate of drug-likeness (QED) is 0.775. The third-order valence-electron chi connectivity index (χ3n) is 3.43. The van der Waals surface area contributed by atoms with Crippen molar-refractivity contribution in [2.75, 3.05) is 0 Å². The number of hydrogen-bond acceptors (Lipinski definition) is 1. The van der Waals surface area contributed by atoms with Crippen LogP contribution >= 0.6 is 0 Å². The third kappa shape index (κ3) is 2.30. The second-order valence-electron chi connectivity index (χ2n) is 4.85. The predicted octanol–water partition coefficient (Wildman–Crippen LogP) is 3.06. The zero-order chi connectivity index (χ0) is 13.9. The topological polar surface area (TPSA) is 37.8 Å². The fourth-order valence-electron chi connectivity index (χ4n) is 2.35. The fourth-order valence-corrected chi connectivity index (χ4v) is 2.35. The summed E-state index contributed by atoms with van der Waals surface area (Å²) in [5.74, 6) is 0. The summed E-state index contributed by atoms with van der Waals surface area (Å²) < 4.78 is 1.60. The van der Waals surface area contributed by atoms with Crippen molar-refractivity contribution in [3.63, 3.8) is 0 Å². The molecule has 20 heavy (non-hydrogen) atoms. The van der Waals surface area contributed by atoms with Gasteiger partial charge in [0, 0.05) is 17.7 Å². The minimum Gasteiger partial charge on any atom is -0.295 e. The molecule has 0 radical (unpaired) electrons. The Balaban J connectivity index is 2.02. The number of aromatic amines is 1. The number of aromatic nitrogens is 2. The first-order chi connectivity index (χ1) is 9.75. The lowest BCUT2D eigenvalue weighted by molar-refractivity contribution is 0.834. The van der Waals surface area contributed by atoms with Crippen LogP contribution in [0.4, 0.5) is 0 Å². The van der Waals surface area contributed by atoms with Crippen LogP contribution < -0.4 is 5.56 Å². The van der Waals surface area contributed by atoms with Gasteiger partial charge in [-0.15, -0.1) is 0 Å². The van der Waals surface area contributed by atoms with Crippen LogP contribution in [0.1, 0.15) is 16.8 Å². The molecule has 2 aromatic carbocycles. The summed E-state index contributed by atoms with van der Waals surface area (Å²) in [6, 6.07) is 19.7. The molecular weight excluding hydrogens is 248 g/mol. The molecule has 3 nitrogen and oxygen atoms in total. The van der Waals surface area contributed by atoms with E-state index in [9.17, 15) is 4.79 Å². The number of hydrogen-bond donors (Lipinski definition) is 1. The highest BCUT2D eigenvalue weighted by Gasteiger charge is 2.12. The Bertz CT molecular complexity index is 755. The van der Waals surface area contributed by atoms with E-state index in [4.69, 9.17) is 0 Å². The van der Waals surface area contributed by atoms with Crippen LogP contribution in [0.3, 0.4) is 0 Å². The molecule has 0 atom stereocenters. The minimum atomic E-state index is 0.0255. The van der Waals surface area contributed by atoms with Crippen LogP contribution in [-0.2, 0) is 6.42 Å². The van der Waals surface area contributed by atoms with Gasteiger partial charge in [0.15, 0.2) is 0 Å². The van der Waals surface area contributed by atoms with E-state index in [0.29, 0.717) is 6.42 Å². The molecule has 100 valence electrons. The zero-order valence-corrected chi connectivity index (χ0v) is 11.3. The van der Waals surface area contributed by atoms with E-state index in [-0.39, 0.29) is 5.56 Å². The summed E-state index contributed by atoms with van der Waals surface area (Å²) in [5.41, 5.74) is 3.77. The maximum atomic E-state index is 12.5. The number of H-pyrrole nitrogens is 1. The Labute approximate surface area is 117 Å². The van der Waals surface area contributed by atoms with Crippen molar-refractivity contribution in [2.45, 2.75) is 13.3 Å². The molecular formula is C17H16N2O. The molecule has 0 saturated carbocycles. The summed E-state index contributed by atoms with van der Waals surface area (Å²) in [5, 5.41) is 3.15. The highest BCUT2D eigenvalue weighted by Crippen LogP contribution is 2.11. The van der Waals surface area contributed by atoms with E-state index in [1.165, 1.54) is 0 Å². The molecule has 0 saturated heterocycles. The molecule has 3 heteroatoms. The van der Waals surface area contributed by atoms with E-state index >= 15 is 0 Å². The van der Waals surface area contributed by atoms with Crippen molar-refractivity contribution in [3.05, 3.63) is 87.8 Å². The number of benzene rings is 2. The summed E-state index contributed by atoms with van der Waals surface area (Å²) in [4.78, 5) is 12.5. The molecule has 0 spiro atoms. The Morgan fingerprint density at radius 2 is 1.55 bits per heavy atom. The van der Waals surface area contributed by atoms with Gasteiger partial charge in [0.2, 0.25) is 0 Å². The van der Waals surface area contributed by atoms with E-state index in [1.54, 1.807) is 4.68 Å². The first-order valence-corrected chi connectivity index (χ1v) is 6.65. The van der Waals surface area contributed by atoms with Gasteiger partial charge >= 0.3 is 0 Å². The lowest BCUT2D eigenvalue weighted by Crippen LogP contribution is -2.17. The molecule has 0 fully saturated rings. The van der Waals surface area contributed by atoms with Crippen molar-refractivity contribution in [1.82, 2.24) is 9.78 Å². The van der Waals surface area contributed by atoms with Gasteiger partial charge in [0.25, 0.3) is 5.56 Å². The predicted molar refractivity (Wildman–Crippen MR) is 80.4 cm³/mol. The number of rotatable bonds is 3. The third-order valence-corrected chi connectivity index (χ3v) is 3.43. The Morgan fingerprint density at radius 1 is 0.950 bits per heavy atom. The Hall–Kier alpha value is -2.55. The normalized spacial score (nSPS) is 10.7. The monoisotopic (exact) mass is 264 g/mol.